The minimum absolute atomic E-state index is 0.185. The van der Waals surface area contributed by atoms with Gasteiger partial charge in [-0.25, -0.2) is 4.39 Å². The lowest BCUT2D eigenvalue weighted by Crippen LogP contribution is -2.25. The van der Waals surface area contributed by atoms with Gasteiger partial charge in [0.1, 0.15) is 5.82 Å². The van der Waals surface area contributed by atoms with E-state index in [2.05, 4.69) is 33.2 Å². The van der Waals surface area contributed by atoms with Crippen molar-refractivity contribution in [3.05, 3.63) is 63.1 Å². The first-order chi connectivity index (χ1) is 10.0. The van der Waals surface area contributed by atoms with Gasteiger partial charge in [0.05, 0.1) is 6.04 Å². The van der Waals surface area contributed by atoms with Gasteiger partial charge in [-0.1, -0.05) is 28.9 Å². The maximum absolute atomic E-state index is 14.3. The molecule has 0 aliphatic rings. The summed E-state index contributed by atoms with van der Waals surface area (Å²) in [5.41, 5.74) is 3.57. The molecule has 1 heterocycles. The fourth-order valence-electron chi connectivity index (χ4n) is 2.41. The van der Waals surface area contributed by atoms with E-state index >= 15 is 0 Å². The van der Waals surface area contributed by atoms with Crippen molar-refractivity contribution in [3.63, 3.8) is 0 Å². The van der Waals surface area contributed by atoms with Crippen molar-refractivity contribution >= 4 is 15.9 Å². The Bertz CT molecular complexity index is 628. The van der Waals surface area contributed by atoms with Gasteiger partial charge in [-0.15, -0.1) is 0 Å². The van der Waals surface area contributed by atoms with Crippen LogP contribution in [0.5, 0.6) is 0 Å². The number of aromatic nitrogens is 1. The van der Waals surface area contributed by atoms with Gasteiger partial charge >= 0.3 is 0 Å². The van der Waals surface area contributed by atoms with E-state index in [1.807, 2.05) is 32.0 Å². The third-order valence-corrected chi connectivity index (χ3v) is 3.94. The molecular formula is C17H20BrFN2. The van der Waals surface area contributed by atoms with Crippen LogP contribution < -0.4 is 5.32 Å². The Labute approximate surface area is 133 Å². The van der Waals surface area contributed by atoms with Crippen LogP contribution in [0, 0.1) is 19.7 Å². The Morgan fingerprint density at radius 1 is 1.19 bits per heavy atom. The van der Waals surface area contributed by atoms with Gasteiger partial charge in [0.2, 0.25) is 0 Å². The van der Waals surface area contributed by atoms with Crippen LogP contribution in [0.15, 0.2) is 34.8 Å². The quantitative estimate of drug-likeness (QED) is 0.845. The van der Waals surface area contributed by atoms with Crippen LogP contribution in [-0.2, 0) is 0 Å². The van der Waals surface area contributed by atoms with Gasteiger partial charge in [-0.3, -0.25) is 4.98 Å². The van der Waals surface area contributed by atoms with Gasteiger partial charge in [0.15, 0.2) is 0 Å². The molecule has 0 saturated heterocycles. The van der Waals surface area contributed by atoms with E-state index in [-0.39, 0.29) is 11.9 Å². The van der Waals surface area contributed by atoms with Gasteiger partial charge in [-0.05, 0) is 56.6 Å². The first-order valence-corrected chi connectivity index (χ1v) is 7.94. The standard InChI is InChI=1S/C17H20BrFN2/c1-4-9-20-17(14-7-5-11(2)21-12(14)3)15-10-13(18)6-8-16(15)19/h5-8,10,17,20H,4,9H2,1-3H3. The number of halogens is 2. The summed E-state index contributed by atoms with van der Waals surface area (Å²) in [6.07, 6.45) is 0.991. The Hall–Kier alpha value is -1.26. The largest absolute Gasteiger partial charge is 0.306 e. The minimum atomic E-state index is -0.202. The van der Waals surface area contributed by atoms with E-state index in [4.69, 9.17) is 0 Å². The molecule has 0 spiro atoms. The van der Waals surface area contributed by atoms with Crippen molar-refractivity contribution in [2.24, 2.45) is 0 Å². The molecule has 0 aliphatic heterocycles. The molecule has 1 unspecified atom stereocenters. The number of aryl methyl sites for hydroxylation is 2. The highest BCUT2D eigenvalue weighted by Gasteiger charge is 2.20. The van der Waals surface area contributed by atoms with E-state index in [1.165, 1.54) is 6.07 Å². The molecule has 0 amide bonds. The SMILES string of the molecule is CCCNC(c1cc(Br)ccc1F)c1ccc(C)nc1C. The fraction of sp³-hybridized carbons (Fsp3) is 0.353. The lowest BCUT2D eigenvalue weighted by atomic mass is 9.96. The van der Waals surface area contributed by atoms with Crippen molar-refractivity contribution in [2.45, 2.75) is 33.2 Å². The van der Waals surface area contributed by atoms with Crippen molar-refractivity contribution < 1.29 is 4.39 Å². The Morgan fingerprint density at radius 3 is 2.62 bits per heavy atom. The maximum atomic E-state index is 14.3. The number of hydrogen-bond donors (Lipinski definition) is 1. The van der Waals surface area contributed by atoms with E-state index in [0.717, 1.165) is 34.4 Å². The summed E-state index contributed by atoms with van der Waals surface area (Å²) in [7, 11) is 0. The molecule has 0 bridgehead atoms. The second kappa shape index (κ2) is 7.14. The van der Waals surface area contributed by atoms with Crippen LogP contribution >= 0.6 is 15.9 Å². The summed E-state index contributed by atoms with van der Waals surface area (Å²) in [5.74, 6) is -0.202. The van der Waals surface area contributed by atoms with Crippen LogP contribution in [0.2, 0.25) is 0 Å². The number of hydrogen-bond acceptors (Lipinski definition) is 2. The molecule has 0 saturated carbocycles. The molecule has 112 valence electrons. The monoisotopic (exact) mass is 350 g/mol. The summed E-state index contributed by atoms with van der Waals surface area (Å²) < 4.78 is 15.1. The second-order valence-corrected chi connectivity index (χ2v) is 6.10. The Balaban J connectivity index is 2.49. The molecule has 2 rings (SSSR count). The zero-order valence-electron chi connectivity index (χ0n) is 12.6. The lowest BCUT2D eigenvalue weighted by molar-refractivity contribution is 0.543. The summed E-state index contributed by atoms with van der Waals surface area (Å²) in [6, 6.07) is 8.87. The first kappa shape index (κ1) is 16.1. The molecule has 4 heteroatoms. The smallest absolute Gasteiger partial charge is 0.128 e. The van der Waals surface area contributed by atoms with Crippen LogP contribution in [0.25, 0.3) is 0 Å². The number of nitrogens with zero attached hydrogens (tertiary/aromatic N) is 1. The topological polar surface area (TPSA) is 24.9 Å². The van der Waals surface area contributed by atoms with E-state index in [0.29, 0.717) is 5.56 Å². The van der Waals surface area contributed by atoms with Crippen LogP contribution in [0.3, 0.4) is 0 Å². The number of benzene rings is 1. The van der Waals surface area contributed by atoms with E-state index in [1.54, 1.807) is 6.07 Å². The molecule has 0 radical (unpaired) electrons. The molecule has 0 aliphatic carbocycles. The molecule has 1 aromatic carbocycles. The number of pyridine rings is 1. The van der Waals surface area contributed by atoms with Gasteiger partial charge in [0.25, 0.3) is 0 Å². The highest BCUT2D eigenvalue weighted by atomic mass is 79.9. The Morgan fingerprint density at radius 2 is 1.95 bits per heavy atom. The van der Waals surface area contributed by atoms with E-state index in [9.17, 15) is 4.39 Å². The van der Waals surface area contributed by atoms with Gasteiger partial charge in [-0.2, -0.15) is 0 Å². The molecule has 1 atom stereocenters. The zero-order chi connectivity index (χ0) is 15.4. The predicted octanol–water partition coefficient (Wildman–Crippen LogP) is 4.69. The molecular weight excluding hydrogens is 331 g/mol. The lowest BCUT2D eigenvalue weighted by Gasteiger charge is -2.22. The van der Waals surface area contributed by atoms with E-state index < -0.39 is 0 Å². The summed E-state index contributed by atoms with van der Waals surface area (Å²) in [6.45, 7) is 6.86. The molecule has 1 aromatic heterocycles. The maximum Gasteiger partial charge on any atom is 0.128 e. The highest BCUT2D eigenvalue weighted by Crippen LogP contribution is 2.28. The summed E-state index contributed by atoms with van der Waals surface area (Å²) in [4.78, 5) is 4.51. The average Bonchev–Trinajstić information content (AvgIpc) is 2.44. The summed E-state index contributed by atoms with van der Waals surface area (Å²) >= 11 is 3.43. The minimum Gasteiger partial charge on any atom is -0.306 e. The van der Waals surface area contributed by atoms with Crippen LogP contribution in [0.4, 0.5) is 4.39 Å². The molecule has 1 N–H and O–H groups in total. The molecule has 2 aromatic rings. The van der Waals surface area contributed by atoms with Gasteiger partial charge in [0, 0.05) is 21.4 Å². The molecule has 2 nitrogen and oxygen atoms in total. The van der Waals surface area contributed by atoms with Crippen molar-refractivity contribution in [2.75, 3.05) is 6.54 Å². The van der Waals surface area contributed by atoms with Crippen molar-refractivity contribution in [1.82, 2.24) is 10.3 Å². The average molecular weight is 351 g/mol. The fourth-order valence-corrected chi connectivity index (χ4v) is 2.79. The van der Waals surface area contributed by atoms with Crippen molar-refractivity contribution in [1.29, 1.82) is 0 Å². The van der Waals surface area contributed by atoms with Crippen molar-refractivity contribution in [3.8, 4) is 0 Å². The summed E-state index contributed by atoms with van der Waals surface area (Å²) in [5, 5.41) is 3.43. The highest BCUT2D eigenvalue weighted by molar-refractivity contribution is 9.10. The predicted molar refractivity (Wildman–Crippen MR) is 87.9 cm³/mol. The second-order valence-electron chi connectivity index (χ2n) is 5.18. The number of rotatable bonds is 5. The third kappa shape index (κ3) is 3.89. The Kier molecular flexibility index (Phi) is 5.48. The normalized spacial score (nSPS) is 12.4. The number of nitrogens with one attached hydrogen (secondary N) is 1. The van der Waals surface area contributed by atoms with Crippen LogP contribution in [0.1, 0.15) is 41.9 Å². The van der Waals surface area contributed by atoms with Crippen LogP contribution in [-0.4, -0.2) is 11.5 Å². The van der Waals surface area contributed by atoms with Gasteiger partial charge < -0.3 is 5.32 Å². The third-order valence-electron chi connectivity index (χ3n) is 3.44. The molecule has 0 fully saturated rings. The first-order valence-electron chi connectivity index (χ1n) is 7.15. The zero-order valence-corrected chi connectivity index (χ0v) is 14.2. The molecule has 21 heavy (non-hydrogen) atoms.